The van der Waals surface area contributed by atoms with Gasteiger partial charge in [-0.3, -0.25) is 0 Å². The number of nitrogens with zero attached hydrogens (tertiary/aromatic N) is 1. The van der Waals surface area contributed by atoms with Crippen molar-refractivity contribution in [2.45, 2.75) is 32.1 Å². The molecule has 1 unspecified atom stereocenters. The molecule has 26 heavy (non-hydrogen) atoms. The van der Waals surface area contributed by atoms with Crippen LogP contribution >= 0.6 is 24.0 Å². The summed E-state index contributed by atoms with van der Waals surface area (Å²) in [5.41, 5.74) is -1.24. The number of halogens is 5. The third-order valence-electron chi connectivity index (χ3n) is 3.70. The van der Waals surface area contributed by atoms with Gasteiger partial charge in [0.15, 0.2) is 15.8 Å². The minimum atomic E-state index is -4.68. The fraction of sp³-hybridized carbons (Fsp3) is 0.533. The Bertz CT molecular complexity index is 754. The number of nitrogens with one attached hydrogen (secondary N) is 2. The predicted octanol–water partition coefficient (Wildman–Crippen LogP) is 2.70. The van der Waals surface area contributed by atoms with Gasteiger partial charge in [0.05, 0.1) is 23.6 Å². The summed E-state index contributed by atoms with van der Waals surface area (Å²) in [4.78, 5) is 4.08. The molecule has 0 bridgehead atoms. The SMILES string of the molecule is CCNC(=NCc1ccc(F)cc1C(F)(F)F)NC1CCS(=O)(=O)C1.I. The molecule has 5 nitrogen and oxygen atoms in total. The van der Waals surface area contributed by atoms with Crippen LogP contribution in [0, 0.1) is 5.82 Å². The van der Waals surface area contributed by atoms with Crippen molar-refractivity contribution in [1.82, 2.24) is 10.6 Å². The van der Waals surface area contributed by atoms with Gasteiger partial charge in [0.25, 0.3) is 0 Å². The van der Waals surface area contributed by atoms with Crippen molar-refractivity contribution in [1.29, 1.82) is 0 Å². The topological polar surface area (TPSA) is 70.6 Å². The van der Waals surface area contributed by atoms with E-state index in [0.29, 0.717) is 19.0 Å². The Morgan fingerprint density at radius 2 is 2.04 bits per heavy atom. The monoisotopic (exact) mass is 509 g/mol. The van der Waals surface area contributed by atoms with Gasteiger partial charge in [-0.05, 0) is 31.0 Å². The fourth-order valence-corrected chi connectivity index (χ4v) is 4.21. The van der Waals surface area contributed by atoms with Crippen LogP contribution in [0.4, 0.5) is 17.6 Å². The molecule has 148 valence electrons. The number of rotatable bonds is 4. The first-order chi connectivity index (χ1) is 11.6. The molecule has 0 spiro atoms. The molecule has 2 rings (SSSR count). The molecule has 0 radical (unpaired) electrons. The summed E-state index contributed by atoms with van der Waals surface area (Å²) < 4.78 is 75.1. The minimum Gasteiger partial charge on any atom is -0.357 e. The van der Waals surface area contributed by atoms with Crippen LogP contribution in [-0.4, -0.2) is 38.5 Å². The van der Waals surface area contributed by atoms with E-state index in [4.69, 9.17) is 0 Å². The summed E-state index contributed by atoms with van der Waals surface area (Å²) in [5, 5.41) is 5.78. The van der Waals surface area contributed by atoms with Gasteiger partial charge in [0.2, 0.25) is 0 Å². The first-order valence-electron chi connectivity index (χ1n) is 7.71. The molecule has 1 aromatic carbocycles. The number of guanidine groups is 1. The lowest BCUT2D eigenvalue weighted by molar-refractivity contribution is -0.138. The highest BCUT2D eigenvalue weighted by molar-refractivity contribution is 14.0. The lowest BCUT2D eigenvalue weighted by Gasteiger charge is -2.16. The summed E-state index contributed by atoms with van der Waals surface area (Å²) in [6.45, 7) is 1.92. The van der Waals surface area contributed by atoms with Crippen LogP contribution in [-0.2, 0) is 22.6 Å². The van der Waals surface area contributed by atoms with Gasteiger partial charge in [-0.15, -0.1) is 24.0 Å². The highest BCUT2D eigenvalue weighted by Crippen LogP contribution is 2.32. The number of alkyl halides is 3. The summed E-state index contributed by atoms with van der Waals surface area (Å²) in [6.07, 6.45) is -4.27. The van der Waals surface area contributed by atoms with E-state index in [0.717, 1.165) is 12.1 Å². The van der Waals surface area contributed by atoms with Crippen molar-refractivity contribution < 1.29 is 26.0 Å². The van der Waals surface area contributed by atoms with E-state index in [1.54, 1.807) is 6.92 Å². The largest absolute Gasteiger partial charge is 0.416 e. The van der Waals surface area contributed by atoms with Crippen LogP contribution in [0.2, 0.25) is 0 Å². The summed E-state index contributed by atoms with van der Waals surface area (Å²) in [5.74, 6) is -0.717. The smallest absolute Gasteiger partial charge is 0.357 e. The number of benzene rings is 1. The Kier molecular flexibility index (Phi) is 8.11. The third kappa shape index (κ3) is 6.56. The standard InChI is InChI=1S/C15H19F4N3O2S.HI/c1-2-20-14(22-12-5-6-25(23,24)9-12)21-8-10-3-4-11(16)7-13(10)15(17,18)19;/h3-4,7,12H,2,5-6,8-9H2,1H3,(H2,20,21,22);1H. The number of hydrogen-bond donors (Lipinski definition) is 2. The van der Waals surface area contributed by atoms with E-state index in [1.807, 2.05) is 0 Å². The molecule has 1 heterocycles. The number of aliphatic imine (C=N–C) groups is 1. The molecule has 1 aliphatic rings. The molecule has 1 atom stereocenters. The van der Waals surface area contributed by atoms with Gasteiger partial charge >= 0.3 is 6.18 Å². The van der Waals surface area contributed by atoms with E-state index in [-0.39, 0.29) is 59.6 Å². The van der Waals surface area contributed by atoms with Crippen molar-refractivity contribution >= 4 is 39.8 Å². The normalized spacial score (nSPS) is 19.7. The van der Waals surface area contributed by atoms with Gasteiger partial charge in [0, 0.05) is 12.6 Å². The quantitative estimate of drug-likeness (QED) is 0.284. The highest BCUT2D eigenvalue weighted by atomic mass is 127. The van der Waals surface area contributed by atoms with Crippen molar-refractivity contribution in [3.63, 3.8) is 0 Å². The van der Waals surface area contributed by atoms with Gasteiger partial charge < -0.3 is 10.6 Å². The van der Waals surface area contributed by atoms with Crippen LogP contribution in [0.15, 0.2) is 23.2 Å². The zero-order valence-corrected chi connectivity index (χ0v) is 17.1. The predicted molar refractivity (Wildman–Crippen MR) is 102 cm³/mol. The van der Waals surface area contributed by atoms with Crippen LogP contribution in [0.1, 0.15) is 24.5 Å². The Balaban J connectivity index is 0.00000338. The molecule has 0 saturated carbocycles. The average molecular weight is 509 g/mol. The van der Waals surface area contributed by atoms with E-state index >= 15 is 0 Å². The molecule has 0 amide bonds. The molecule has 1 aliphatic heterocycles. The zero-order chi connectivity index (χ0) is 18.7. The lowest BCUT2D eigenvalue weighted by atomic mass is 10.1. The number of hydrogen-bond acceptors (Lipinski definition) is 3. The summed E-state index contributed by atoms with van der Waals surface area (Å²) >= 11 is 0. The molecule has 1 aromatic rings. The Hall–Kier alpha value is -1.11. The summed E-state index contributed by atoms with van der Waals surface area (Å²) in [6, 6.07) is 2.10. The molecular formula is C15H20F4IN3O2S. The maximum absolute atomic E-state index is 13.1. The second-order valence-electron chi connectivity index (χ2n) is 5.74. The van der Waals surface area contributed by atoms with Crippen molar-refractivity contribution in [3.05, 3.63) is 35.1 Å². The molecule has 1 fully saturated rings. The molecular weight excluding hydrogens is 489 g/mol. The Labute approximate surface area is 166 Å². The van der Waals surface area contributed by atoms with Crippen LogP contribution in [0.5, 0.6) is 0 Å². The molecule has 1 saturated heterocycles. The maximum atomic E-state index is 13.1. The first-order valence-corrected chi connectivity index (χ1v) is 9.54. The lowest BCUT2D eigenvalue weighted by Crippen LogP contribution is -2.44. The Morgan fingerprint density at radius 3 is 2.58 bits per heavy atom. The number of sulfone groups is 1. The van der Waals surface area contributed by atoms with Crippen LogP contribution < -0.4 is 10.6 Å². The summed E-state index contributed by atoms with van der Waals surface area (Å²) in [7, 11) is -3.09. The van der Waals surface area contributed by atoms with Gasteiger partial charge in [0.1, 0.15) is 5.82 Å². The van der Waals surface area contributed by atoms with Crippen molar-refractivity contribution in [3.8, 4) is 0 Å². The highest BCUT2D eigenvalue weighted by Gasteiger charge is 2.33. The van der Waals surface area contributed by atoms with Crippen LogP contribution in [0.25, 0.3) is 0 Å². The molecule has 0 aliphatic carbocycles. The molecule has 0 aromatic heterocycles. The molecule has 2 N–H and O–H groups in total. The van der Waals surface area contributed by atoms with E-state index < -0.39 is 27.4 Å². The first kappa shape index (κ1) is 22.9. The second kappa shape index (κ2) is 9.20. The maximum Gasteiger partial charge on any atom is 0.416 e. The zero-order valence-electron chi connectivity index (χ0n) is 13.9. The molecule has 11 heteroatoms. The van der Waals surface area contributed by atoms with Crippen molar-refractivity contribution in [2.75, 3.05) is 18.1 Å². The average Bonchev–Trinajstić information content (AvgIpc) is 2.84. The van der Waals surface area contributed by atoms with E-state index in [9.17, 15) is 26.0 Å². The fourth-order valence-electron chi connectivity index (χ4n) is 2.54. The van der Waals surface area contributed by atoms with Gasteiger partial charge in [-0.2, -0.15) is 13.2 Å². The van der Waals surface area contributed by atoms with E-state index in [2.05, 4.69) is 15.6 Å². The third-order valence-corrected chi connectivity index (χ3v) is 5.47. The Morgan fingerprint density at radius 1 is 1.35 bits per heavy atom. The second-order valence-corrected chi connectivity index (χ2v) is 7.97. The van der Waals surface area contributed by atoms with Crippen LogP contribution in [0.3, 0.4) is 0 Å². The van der Waals surface area contributed by atoms with Gasteiger partial charge in [-0.25, -0.2) is 17.8 Å². The van der Waals surface area contributed by atoms with Crippen molar-refractivity contribution in [2.24, 2.45) is 4.99 Å². The minimum absolute atomic E-state index is 0. The van der Waals surface area contributed by atoms with E-state index in [1.165, 1.54) is 0 Å². The van der Waals surface area contributed by atoms with Gasteiger partial charge in [-0.1, -0.05) is 6.07 Å².